The fourth-order valence-electron chi connectivity index (χ4n) is 1.62. The molecule has 0 amide bonds. The highest BCUT2D eigenvalue weighted by atomic mass is 32.2. The number of unbranched alkanes of at least 4 members (excludes halogenated alkanes) is 2. The summed E-state index contributed by atoms with van der Waals surface area (Å²) in [7, 11) is 0. The topological polar surface area (TPSA) is 37.3 Å². The molecule has 0 saturated carbocycles. The molecular weight excluding hydrogens is 232 g/mol. The molecule has 3 heteroatoms. The summed E-state index contributed by atoms with van der Waals surface area (Å²) in [6.07, 6.45) is 4.09. The van der Waals surface area contributed by atoms with Crippen molar-refractivity contribution in [3.63, 3.8) is 0 Å². The van der Waals surface area contributed by atoms with Crippen LogP contribution in [0.5, 0.6) is 0 Å². The highest BCUT2D eigenvalue weighted by molar-refractivity contribution is 8.00. The van der Waals surface area contributed by atoms with Crippen molar-refractivity contribution in [3.05, 3.63) is 35.9 Å². The first-order valence-corrected chi connectivity index (χ1v) is 7.17. The van der Waals surface area contributed by atoms with E-state index >= 15 is 0 Å². The molecule has 0 spiro atoms. The Labute approximate surface area is 107 Å². The Balaban J connectivity index is 2.41. The summed E-state index contributed by atoms with van der Waals surface area (Å²) in [5, 5.41) is 8.86. The van der Waals surface area contributed by atoms with Gasteiger partial charge >= 0.3 is 5.97 Å². The molecule has 0 radical (unpaired) electrons. The van der Waals surface area contributed by atoms with Crippen LogP contribution in [-0.4, -0.2) is 22.1 Å². The Bertz CT molecular complexity index is 324. The predicted octanol–water partition coefficient (Wildman–Crippen LogP) is 3.61. The number of carboxylic acids is 1. The summed E-state index contributed by atoms with van der Waals surface area (Å²) < 4.78 is 0. The molecule has 0 heterocycles. The molecular formula is C14H20O2S. The maximum absolute atomic E-state index is 11.1. The average Bonchev–Trinajstić information content (AvgIpc) is 2.34. The molecule has 0 fully saturated rings. The minimum atomic E-state index is -0.699. The van der Waals surface area contributed by atoms with Gasteiger partial charge in [0.15, 0.2) is 0 Å². The van der Waals surface area contributed by atoms with Gasteiger partial charge in [-0.05, 0) is 24.2 Å². The van der Waals surface area contributed by atoms with E-state index in [0.717, 1.165) is 17.7 Å². The minimum absolute atomic E-state index is 0.311. The summed E-state index contributed by atoms with van der Waals surface area (Å²) in [6.45, 7) is 2.16. The van der Waals surface area contributed by atoms with E-state index in [1.165, 1.54) is 12.8 Å². The molecule has 0 bridgehead atoms. The monoisotopic (exact) mass is 252 g/mol. The van der Waals surface area contributed by atoms with Gasteiger partial charge in [-0.25, -0.2) is 0 Å². The molecule has 1 N–H and O–H groups in total. The molecule has 17 heavy (non-hydrogen) atoms. The maximum atomic E-state index is 11.1. The highest BCUT2D eigenvalue weighted by Gasteiger charge is 2.17. The van der Waals surface area contributed by atoms with Crippen LogP contribution in [0.4, 0.5) is 0 Å². The smallest absolute Gasteiger partial charge is 0.316 e. The molecule has 1 aromatic rings. The summed E-state index contributed by atoms with van der Waals surface area (Å²) in [4.78, 5) is 11.1. The average molecular weight is 252 g/mol. The molecule has 1 atom stereocenters. The van der Waals surface area contributed by atoms with Crippen molar-refractivity contribution in [2.24, 2.45) is 0 Å². The Hall–Kier alpha value is -0.960. The van der Waals surface area contributed by atoms with E-state index in [9.17, 15) is 9.90 Å². The number of hydrogen-bond acceptors (Lipinski definition) is 2. The molecule has 0 aliphatic heterocycles. The molecule has 0 aliphatic rings. The second-order valence-electron chi connectivity index (χ2n) is 4.09. The third kappa shape index (κ3) is 5.78. The van der Waals surface area contributed by atoms with Crippen LogP contribution < -0.4 is 0 Å². The molecule has 0 aliphatic carbocycles. The van der Waals surface area contributed by atoms with Crippen LogP contribution in [0, 0.1) is 0 Å². The van der Waals surface area contributed by atoms with Gasteiger partial charge in [-0.3, -0.25) is 4.79 Å². The van der Waals surface area contributed by atoms with Gasteiger partial charge < -0.3 is 5.11 Å². The predicted molar refractivity (Wildman–Crippen MR) is 73.6 cm³/mol. The Kier molecular flexibility index (Phi) is 6.78. The van der Waals surface area contributed by atoms with Crippen molar-refractivity contribution in [2.75, 3.05) is 5.75 Å². The van der Waals surface area contributed by atoms with E-state index in [0.29, 0.717) is 6.42 Å². The molecule has 2 nitrogen and oxygen atoms in total. The Morgan fingerprint density at radius 2 is 2.00 bits per heavy atom. The molecule has 0 saturated heterocycles. The van der Waals surface area contributed by atoms with E-state index in [-0.39, 0.29) is 5.25 Å². The standard InChI is InChI=1S/C14H20O2S/c1-2-3-7-10-17-13(14(15)16)11-12-8-5-4-6-9-12/h4-6,8-9,13H,2-3,7,10-11H2,1H3,(H,15,16). The van der Waals surface area contributed by atoms with Gasteiger partial charge in [-0.1, -0.05) is 50.1 Å². The van der Waals surface area contributed by atoms with Gasteiger partial charge in [-0.2, -0.15) is 0 Å². The second kappa shape index (κ2) is 8.18. The first kappa shape index (κ1) is 14.1. The van der Waals surface area contributed by atoms with Crippen LogP contribution in [0.25, 0.3) is 0 Å². The van der Waals surface area contributed by atoms with Crippen molar-refractivity contribution in [3.8, 4) is 0 Å². The second-order valence-corrected chi connectivity index (χ2v) is 5.41. The zero-order chi connectivity index (χ0) is 12.5. The van der Waals surface area contributed by atoms with E-state index in [4.69, 9.17) is 0 Å². The van der Waals surface area contributed by atoms with E-state index in [1.807, 2.05) is 30.3 Å². The highest BCUT2D eigenvalue weighted by Crippen LogP contribution is 2.18. The number of rotatable bonds is 8. The summed E-state index contributed by atoms with van der Waals surface area (Å²) in [6, 6.07) is 9.84. The number of benzene rings is 1. The van der Waals surface area contributed by atoms with Crippen molar-refractivity contribution < 1.29 is 9.90 Å². The normalized spacial score (nSPS) is 12.3. The lowest BCUT2D eigenvalue weighted by Crippen LogP contribution is -2.19. The van der Waals surface area contributed by atoms with Crippen LogP contribution in [0.2, 0.25) is 0 Å². The lowest BCUT2D eigenvalue weighted by atomic mass is 10.1. The first-order chi connectivity index (χ1) is 8.24. The van der Waals surface area contributed by atoms with E-state index in [2.05, 4.69) is 6.92 Å². The number of aliphatic carboxylic acids is 1. The van der Waals surface area contributed by atoms with Crippen molar-refractivity contribution in [2.45, 2.75) is 37.9 Å². The summed E-state index contributed by atoms with van der Waals surface area (Å²) >= 11 is 1.56. The SMILES string of the molecule is CCCCCSC(Cc1ccccc1)C(=O)O. The number of thioether (sulfide) groups is 1. The zero-order valence-corrected chi connectivity index (χ0v) is 11.1. The molecule has 1 unspecified atom stereocenters. The van der Waals surface area contributed by atoms with E-state index < -0.39 is 5.97 Å². The van der Waals surface area contributed by atoms with Crippen LogP contribution >= 0.6 is 11.8 Å². The fraction of sp³-hybridized carbons (Fsp3) is 0.500. The first-order valence-electron chi connectivity index (χ1n) is 6.12. The van der Waals surface area contributed by atoms with E-state index in [1.54, 1.807) is 11.8 Å². The molecule has 94 valence electrons. The third-order valence-electron chi connectivity index (χ3n) is 2.61. The zero-order valence-electron chi connectivity index (χ0n) is 10.3. The summed E-state index contributed by atoms with van der Waals surface area (Å²) in [5.74, 6) is 0.243. The minimum Gasteiger partial charge on any atom is -0.480 e. The van der Waals surface area contributed by atoms with Gasteiger partial charge in [0.05, 0.1) is 0 Å². The van der Waals surface area contributed by atoms with Crippen molar-refractivity contribution >= 4 is 17.7 Å². The lowest BCUT2D eigenvalue weighted by molar-refractivity contribution is -0.136. The van der Waals surface area contributed by atoms with Crippen molar-refractivity contribution in [1.82, 2.24) is 0 Å². The summed E-state index contributed by atoms with van der Waals surface area (Å²) in [5.41, 5.74) is 1.10. The van der Waals surface area contributed by atoms with Crippen LogP contribution in [0.1, 0.15) is 31.7 Å². The van der Waals surface area contributed by atoms with Gasteiger partial charge in [0, 0.05) is 0 Å². The Morgan fingerprint density at radius 3 is 2.59 bits per heavy atom. The molecule has 1 aromatic carbocycles. The van der Waals surface area contributed by atoms with Gasteiger partial charge in [-0.15, -0.1) is 11.8 Å². The maximum Gasteiger partial charge on any atom is 0.316 e. The lowest BCUT2D eigenvalue weighted by Gasteiger charge is -2.11. The van der Waals surface area contributed by atoms with Crippen LogP contribution in [0.15, 0.2) is 30.3 Å². The van der Waals surface area contributed by atoms with Crippen LogP contribution in [0.3, 0.4) is 0 Å². The van der Waals surface area contributed by atoms with Crippen LogP contribution in [-0.2, 0) is 11.2 Å². The third-order valence-corrected chi connectivity index (χ3v) is 3.90. The Morgan fingerprint density at radius 1 is 1.29 bits per heavy atom. The van der Waals surface area contributed by atoms with Crippen molar-refractivity contribution in [1.29, 1.82) is 0 Å². The quantitative estimate of drug-likeness (QED) is 0.718. The molecule has 1 rings (SSSR count). The number of carbonyl (C=O) groups is 1. The fourth-order valence-corrected chi connectivity index (χ4v) is 2.73. The number of hydrogen-bond donors (Lipinski definition) is 1. The van der Waals surface area contributed by atoms with Gasteiger partial charge in [0.25, 0.3) is 0 Å². The molecule has 0 aromatic heterocycles. The number of carboxylic acid groups (broad SMARTS) is 1. The largest absolute Gasteiger partial charge is 0.480 e. The van der Waals surface area contributed by atoms with Gasteiger partial charge in [0.2, 0.25) is 0 Å². The van der Waals surface area contributed by atoms with Gasteiger partial charge in [0.1, 0.15) is 5.25 Å².